The Morgan fingerprint density at radius 1 is 1.12 bits per heavy atom. The molecule has 25 heavy (non-hydrogen) atoms. The van der Waals surface area contributed by atoms with Crippen LogP contribution in [0.25, 0.3) is 0 Å². The second kappa shape index (κ2) is 7.77. The summed E-state index contributed by atoms with van der Waals surface area (Å²) in [7, 11) is 0. The molecule has 2 amide bonds. The van der Waals surface area contributed by atoms with Gasteiger partial charge in [0, 0.05) is 23.5 Å². The molecule has 2 aromatic rings. The van der Waals surface area contributed by atoms with Crippen molar-refractivity contribution in [2.24, 2.45) is 0 Å². The number of hydrogen-bond donors (Lipinski definition) is 3. The van der Waals surface area contributed by atoms with Gasteiger partial charge in [0.1, 0.15) is 6.04 Å². The van der Waals surface area contributed by atoms with E-state index in [0.717, 1.165) is 17.7 Å². The number of benzene rings is 2. The lowest BCUT2D eigenvalue weighted by molar-refractivity contribution is -0.116. The highest BCUT2D eigenvalue weighted by atomic mass is 16.2. The Bertz CT molecular complexity index is 814. The van der Waals surface area contributed by atoms with E-state index in [0.29, 0.717) is 17.8 Å². The number of hydrogen-bond acceptors (Lipinski definition) is 3. The van der Waals surface area contributed by atoms with Crippen molar-refractivity contribution in [1.29, 1.82) is 0 Å². The average Bonchev–Trinajstić information content (AvgIpc) is 3.17. The fourth-order valence-electron chi connectivity index (χ4n) is 2.75. The molecule has 5 heteroatoms. The third-order valence-corrected chi connectivity index (χ3v) is 4.11. The molecule has 0 fully saturated rings. The quantitative estimate of drug-likeness (QED) is 0.736. The van der Waals surface area contributed by atoms with Crippen LogP contribution in [0.3, 0.4) is 0 Å². The van der Waals surface area contributed by atoms with Gasteiger partial charge >= 0.3 is 0 Å². The first kappa shape index (κ1) is 16.9. The van der Waals surface area contributed by atoms with Gasteiger partial charge in [0.25, 0.3) is 5.91 Å². The summed E-state index contributed by atoms with van der Waals surface area (Å²) in [6.45, 7) is 2.74. The summed E-state index contributed by atoms with van der Waals surface area (Å²) in [6.07, 6.45) is 4.58. The number of nitrogens with one attached hydrogen (secondary N) is 3. The smallest absolute Gasteiger partial charge is 0.255 e. The molecule has 0 aliphatic carbocycles. The van der Waals surface area contributed by atoms with Crippen LogP contribution < -0.4 is 16.0 Å². The number of aryl methyl sites for hydroxylation is 1. The van der Waals surface area contributed by atoms with Crippen LogP contribution in [0.15, 0.2) is 60.7 Å². The van der Waals surface area contributed by atoms with Crippen LogP contribution in [-0.4, -0.2) is 24.4 Å². The summed E-state index contributed by atoms with van der Waals surface area (Å²) in [6, 6.07) is 14.3. The Morgan fingerprint density at radius 3 is 2.72 bits per heavy atom. The van der Waals surface area contributed by atoms with Crippen molar-refractivity contribution in [1.82, 2.24) is 5.32 Å². The summed E-state index contributed by atoms with van der Waals surface area (Å²) in [5.41, 5.74) is 2.99. The molecule has 3 N–H and O–H groups in total. The molecule has 128 valence electrons. The molecule has 1 aliphatic rings. The highest BCUT2D eigenvalue weighted by Gasteiger charge is 2.18. The number of carbonyl (C=O) groups excluding carboxylic acids is 2. The maximum Gasteiger partial charge on any atom is 0.255 e. The maximum absolute atomic E-state index is 12.5. The largest absolute Gasteiger partial charge is 0.324 e. The number of carbonyl (C=O) groups is 2. The third-order valence-electron chi connectivity index (χ3n) is 4.11. The minimum absolute atomic E-state index is 0.136. The lowest BCUT2D eigenvalue weighted by Gasteiger charge is -2.12. The van der Waals surface area contributed by atoms with Gasteiger partial charge in [0.15, 0.2) is 0 Å². The van der Waals surface area contributed by atoms with E-state index < -0.39 is 0 Å². The number of rotatable bonds is 5. The van der Waals surface area contributed by atoms with Gasteiger partial charge < -0.3 is 10.6 Å². The van der Waals surface area contributed by atoms with Crippen molar-refractivity contribution in [3.63, 3.8) is 0 Å². The van der Waals surface area contributed by atoms with E-state index in [1.54, 1.807) is 24.3 Å². The predicted octanol–water partition coefficient (Wildman–Crippen LogP) is 2.97. The first-order valence-corrected chi connectivity index (χ1v) is 8.37. The molecule has 0 saturated heterocycles. The molecular formula is C20H21N3O2. The molecule has 1 aliphatic heterocycles. The fraction of sp³-hybridized carbons (Fsp3) is 0.200. The number of anilines is 2. The van der Waals surface area contributed by atoms with E-state index in [1.165, 1.54) is 0 Å². The molecule has 1 heterocycles. The Kier molecular flexibility index (Phi) is 5.26. The molecule has 0 unspecified atom stereocenters. The molecule has 0 aromatic heterocycles. The average molecular weight is 335 g/mol. The normalized spacial score (nSPS) is 15.8. The summed E-state index contributed by atoms with van der Waals surface area (Å²) in [5, 5.41) is 8.83. The maximum atomic E-state index is 12.5. The molecule has 3 rings (SSSR count). The van der Waals surface area contributed by atoms with Crippen LogP contribution in [0.4, 0.5) is 11.4 Å². The molecule has 0 saturated carbocycles. The van der Waals surface area contributed by atoms with Crippen LogP contribution in [-0.2, 0) is 11.2 Å². The fourth-order valence-corrected chi connectivity index (χ4v) is 2.75. The van der Waals surface area contributed by atoms with Gasteiger partial charge in [-0.15, -0.1) is 0 Å². The number of para-hydroxylation sites is 1. The second-order valence-corrected chi connectivity index (χ2v) is 5.85. The standard InChI is InChI=1S/C20H21N3O2/c1-2-14-7-3-4-10-17(14)23-19(24)15-8-5-9-16(13-15)22-20(25)18-11-6-12-21-18/h3-11,13,18,21H,2,12H2,1H3,(H,22,25)(H,23,24)/t18-/m0/s1. The van der Waals surface area contributed by atoms with Crippen molar-refractivity contribution in [2.75, 3.05) is 17.2 Å². The summed E-state index contributed by atoms with van der Waals surface area (Å²) < 4.78 is 0. The highest BCUT2D eigenvalue weighted by molar-refractivity contribution is 6.06. The minimum Gasteiger partial charge on any atom is -0.324 e. The van der Waals surface area contributed by atoms with Crippen LogP contribution >= 0.6 is 0 Å². The van der Waals surface area contributed by atoms with Crippen molar-refractivity contribution >= 4 is 23.2 Å². The summed E-state index contributed by atoms with van der Waals surface area (Å²) >= 11 is 0. The number of amides is 2. The van der Waals surface area contributed by atoms with Gasteiger partial charge in [-0.25, -0.2) is 0 Å². The van der Waals surface area contributed by atoms with E-state index in [9.17, 15) is 9.59 Å². The van der Waals surface area contributed by atoms with Gasteiger partial charge in [0.2, 0.25) is 5.91 Å². The van der Waals surface area contributed by atoms with Crippen molar-refractivity contribution in [3.05, 3.63) is 71.8 Å². The molecular weight excluding hydrogens is 314 g/mol. The Hall–Kier alpha value is -2.92. The Morgan fingerprint density at radius 2 is 1.96 bits per heavy atom. The lowest BCUT2D eigenvalue weighted by Crippen LogP contribution is -2.35. The van der Waals surface area contributed by atoms with E-state index >= 15 is 0 Å². The lowest BCUT2D eigenvalue weighted by atomic mass is 10.1. The monoisotopic (exact) mass is 335 g/mol. The van der Waals surface area contributed by atoms with Crippen molar-refractivity contribution in [3.8, 4) is 0 Å². The third kappa shape index (κ3) is 4.14. The molecule has 0 bridgehead atoms. The van der Waals surface area contributed by atoms with E-state index in [1.807, 2.05) is 43.3 Å². The molecule has 1 atom stereocenters. The Labute approximate surface area is 147 Å². The predicted molar refractivity (Wildman–Crippen MR) is 99.8 cm³/mol. The topological polar surface area (TPSA) is 70.2 Å². The van der Waals surface area contributed by atoms with Crippen molar-refractivity contribution in [2.45, 2.75) is 19.4 Å². The summed E-state index contributed by atoms with van der Waals surface area (Å²) in [5.74, 6) is -0.335. The SMILES string of the molecule is CCc1ccccc1NC(=O)c1cccc(NC(=O)[C@@H]2C=CCN2)c1. The summed E-state index contributed by atoms with van der Waals surface area (Å²) in [4.78, 5) is 24.7. The van der Waals surface area contributed by atoms with Crippen LogP contribution in [0.2, 0.25) is 0 Å². The van der Waals surface area contributed by atoms with Crippen molar-refractivity contribution < 1.29 is 9.59 Å². The second-order valence-electron chi connectivity index (χ2n) is 5.85. The van der Waals surface area contributed by atoms with Crippen LogP contribution in [0, 0.1) is 0 Å². The van der Waals surface area contributed by atoms with Gasteiger partial charge in [-0.1, -0.05) is 43.3 Å². The molecule has 0 radical (unpaired) electrons. The van der Waals surface area contributed by atoms with Gasteiger partial charge in [-0.3, -0.25) is 14.9 Å². The highest BCUT2D eigenvalue weighted by Crippen LogP contribution is 2.18. The first-order valence-electron chi connectivity index (χ1n) is 8.37. The van der Waals surface area contributed by atoms with Crippen LogP contribution in [0.5, 0.6) is 0 Å². The van der Waals surface area contributed by atoms with Gasteiger partial charge in [-0.2, -0.15) is 0 Å². The Balaban J connectivity index is 1.71. The zero-order chi connectivity index (χ0) is 17.6. The molecule has 5 nitrogen and oxygen atoms in total. The minimum atomic E-state index is -0.325. The van der Waals surface area contributed by atoms with E-state index in [-0.39, 0.29) is 17.9 Å². The van der Waals surface area contributed by atoms with E-state index in [2.05, 4.69) is 16.0 Å². The van der Waals surface area contributed by atoms with Gasteiger partial charge in [0.05, 0.1) is 0 Å². The zero-order valence-electron chi connectivity index (χ0n) is 14.1. The molecule has 0 spiro atoms. The molecule has 2 aromatic carbocycles. The van der Waals surface area contributed by atoms with Gasteiger partial charge in [-0.05, 0) is 36.2 Å². The zero-order valence-corrected chi connectivity index (χ0v) is 14.1. The first-order chi connectivity index (χ1) is 12.2. The van der Waals surface area contributed by atoms with E-state index in [4.69, 9.17) is 0 Å². The van der Waals surface area contributed by atoms with Crippen LogP contribution in [0.1, 0.15) is 22.8 Å².